The number of nitrogens with one attached hydrogen (secondary N) is 1. The average Bonchev–Trinajstić information content (AvgIpc) is 2.04. The minimum atomic E-state index is 0.0507. The van der Waals surface area contributed by atoms with Crippen molar-refractivity contribution >= 4 is 22.6 Å². The molecular formula is C10H13IN2. The van der Waals surface area contributed by atoms with E-state index in [2.05, 4.69) is 46.7 Å². The Hall–Kier alpha value is -0.390. The van der Waals surface area contributed by atoms with Gasteiger partial charge in [-0.3, -0.25) is 5.84 Å². The smallest absolute Gasteiger partial charge is 0.0665 e. The lowest BCUT2D eigenvalue weighted by Gasteiger charge is -2.16. The van der Waals surface area contributed by atoms with Crippen molar-refractivity contribution in [2.75, 3.05) is 0 Å². The molecule has 0 aliphatic heterocycles. The van der Waals surface area contributed by atoms with Crippen molar-refractivity contribution in [2.45, 2.75) is 13.0 Å². The zero-order valence-electron chi connectivity index (χ0n) is 7.55. The molecule has 0 aromatic heterocycles. The molecule has 0 saturated carbocycles. The van der Waals surface area contributed by atoms with Crippen LogP contribution < -0.4 is 11.3 Å². The van der Waals surface area contributed by atoms with Crippen LogP contribution in [0.25, 0.3) is 0 Å². The van der Waals surface area contributed by atoms with E-state index in [4.69, 9.17) is 5.84 Å². The van der Waals surface area contributed by atoms with Crippen molar-refractivity contribution in [3.8, 4) is 0 Å². The van der Waals surface area contributed by atoms with E-state index in [1.807, 2.05) is 19.1 Å². The topological polar surface area (TPSA) is 38.0 Å². The van der Waals surface area contributed by atoms with E-state index in [-0.39, 0.29) is 6.04 Å². The van der Waals surface area contributed by atoms with Crippen LogP contribution in [0, 0.1) is 3.57 Å². The SMILES string of the molecule is C=C(C)C(NN)c1cccc(I)c1. The molecule has 0 saturated heterocycles. The van der Waals surface area contributed by atoms with E-state index in [9.17, 15) is 0 Å². The van der Waals surface area contributed by atoms with E-state index in [0.717, 1.165) is 11.1 Å². The van der Waals surface area contributed by atoms with Crippen LogP contribution in [0.3, 0.4) is 0 Å². The van der Waals surface area contributed by atoms with Crippen LogP contribution >= 0.6 is 22.6 Å². The molecule has 0 aliphatic rings. The maximum Gasteiger partial charge on any atom is 0.0665 e. The van der Waals surface area contributed by atoms with Gasteiger partial charge in [-0.2, -0.15) is 0 Å². The van der Waals surface area contributed by atoms with Crippen molar-refractivity contribution in [1.29, 1.82) is 0 Å². The van der Waals surface area contributed by atoms with Gasteiger partial charge in [-0.25, -0.2) is 5.43 Å². The summed E-state index contributed by atoms with van der Waals surface area (Å²) in [6.07, 6.45) is 0. The van der Waals surface area contributed by atoms with E-state index in [0.29, 0.717) is 0 Å². The van der Waals surface area contributed by atoms with Crippen molar-refractivity contribution < 1.29 is 0 Å². The maximum atomic E-state index is 5.44. The number of benzene rings is 1. The minimum absolute atomic E-state index is 0.0507. The second-order valence-electron chi connectivity index (χ2n) is 3.00. The Bertz CT molecular complexity index is 310. The largest absolute Gasteiger partial charge is 0.271 e. The fraction of sp³-hybridized carbons (Fsp3) is 0.200. The molecule has 1 atom stereocenters. The zero-order valence-corrected chi connectivity index (χ0v) is 9.71. The molecule has 3 heteroatoms. The summed E-state index contributed by atoms with van der Waals surface area (Å²) >= 11 is 2.28. The molecule has 2 nitrogen and oxygen atoms in total. The molecule has 3 N–H and O–H groups in total. The van der Waals surface area contributed by atoms with Gasteiger partial charge in [0, 0.05) is 3.57 Å². The van der Waals surface area contributed by atoms with Crippen LogP contribution in [0.15, 0.2) is 36.4 Å². The van der Waals surface area contributed by atoms with Gasteiger partial charge in [-0.05, 0) is 47.2 Å². The van der Waals surface area contributed by atoms with Crippen molar-refractivity contribution in [3.63, 3.8) is 0 Å². The van der Waals surface area contributed by atoms with Crippen LogP contribution in [0.5, 0.6) is 0 Å². The number of hydrogen-bond donors (Lipinski definition) is 2. The van der Waals surface area contributed by atoms with Gasteiger partial charge in [0.05, 0.1) is 6.04 Å². The number of hydrazine groups is 1. The normalized spacial score (nSPS) is 12.5. The molecule has 0 heterocycles. The van der Waals surface area contributed by atoms with E-state index in [1.165, 1.54) is 3.57 Å². The summed E-state index contributed by atoms with van der Waals surface area (Å²) < 4.78 is 1.21. The molecule has 0 amide bonds. The first kappa shape index (κ1) is 10.7. The summed E-state index contributed by atoms with van der Waals surface area (Å²) in [5.41, 5.74) is 4.91. The zero-order chi connectivity index (χ0) is 9.84. The third-order valence-electron chi connectivity index (χ3n) is 1.84. The third-order valence-corrected chi connectivity index (χ3v) is 2.51. The molecule has 0 radical (unpaired) electrons. The molecule has 0 bridgehead atoms. The summed E-state index contributed by atoms with van der Waals surface area (Å²) in [5, 5.41) is 0. The molecule has 1 aromatic carbocycles. The summed E-state index contributed by atoms with van der Waals surface area (Å²) in [5.74, 6) is 5.44. The van der Waals surface area contributed by atoms with Crippen LogP contribution in [0.2, 0.25) is 0 Å². The second kappa shape index (κ2) is 4.74. The van der Waals surface area contributed by atoms with Gasteiger partial charge in [0.25, 0.3) is 0 Å². The van der Waals surface area contributed by atoms with Crippen molar-refractivity contribution in [2.24, 2.45) is 5.84 Å². The lowest BCUT2D eigenvalue weighted by Crippen LogP contribution is -2.28. The number of hydrogen-bond acceptors (Lipinski definition) is 2. The fourth-order valence-corrected chi connectivity index (χ4v) is 1.78. The predicted molar refractivity (Wildman–Crippen MR) is 64.0 cm³/mol. The second-order valence-corrected chi connectivity index (χ2v) is 4.25. The van der Waals surface area contributed by atoms with E-state index < -0.39 is 0 Å². The fourth-order valence-electron chi connectivity index (χ4n) is 1.21. The Morgan fingerprint density at radius 1 is 1.62 bits per heavy atom. The third kappa shape index (κ3) is 2.79. The Kier molecular flexibility index (Phi) is 3.90. The summed E-state index contributed by atoms with van der Waals surface area (Å²) in [6.45, 7) is 5.85. The highest BCUT2D eigenvalue weighted by molar-refractivity contribution is 14.1. The maximum absolute atomic E-state index is 5.44. The quantitative estimate of drug-likeness (QED) is 0.388. The van der Waals surface area contributed by atoms with Gasteiger partial charge >= 0.3 is 0 Å². The predicted octanol–water partition coefficient (Wildman–Crippen LogP) is 2.37. The van der Waals surface area contributed by atoms with Gasteiger partial charge in [0.15, 0.2) is 0 Å². The van der Waals surface area contributed by atoms with Crippen molar-refractivity contribution in [1.82, 2.24) is 5.43 Å². The lowest BCUT2D eigenvalue weighted by atomic mass is 10.0. The number of halogens is 1. The highest BCUT2D eigenvalue weighted by atomic mass is 127. The summed E-state index contributed by atoms with van der Waals surface area (Å²) in [7, 11) is 0. The van der Waals surface area contributed by atoms with Crippen LogP contribution in [0.4, 0.5) is 0 Å². The Labute approximate surface area is 92.3 Å². The standard InChI is InChI=1S/C10H13IN2/c1-7(2)10(13-12)8-4-3-5-9(11)6-8/h3-6,10,13H,1,12H2,2H3. The molecule has 1 rings (SSSR count). The molecule has 0 aliphatic carbocycles. The van der Waals surface area contributed by atoms with Crippen LogP contribution in [-0.2, 0) is 0 Å². The van der Waals surface area contributed by atoms with Gasteiger partial charge < -0.3 is 0 Å². The lowest BCUT2D eigenvalue weighted by molar-refractivity contribution is 0.627. The summed E-state index contributed by atoms with van der Waals surface area (Å²) in [4.78, 5) is 0. The van der Waals surface area contributed by atoms with Crippen LogP contribution in [0.1, 0.15) is 18.5 Å². The Morgan fingerprint density at radius 2 is 2.31 bits per heavy atom. The van der Waals surface area contributed by atoms with E-state index >= 15 is 0 Å². The first-order chi connectivity index (χ1) is 6.15. The highest BCUT2D eigenvalue weighted by Crippen LogP contribution is 2.20. The van der Waals surface area contributed by atoms with Crippen LogP contribution in [-0.4, -0.2) is 0 Å². The molecule has 0 spiro atoms. The Morgan fingerprint density at radius 3 is 2.77 bits per heavy atom. The molecule has 70 valence electrons. The molecule has 1 aromatic rings. The molecule has 0 fully saturated rings. The number of nitrogens with two attached hydrogens (primary N) is 1. The van der Waals surface area contributed by atoms with Crippen molar-refractivity contribution in [3.05, 3.63) is 45.6 Å². The number of rotatable bonds is 3. The minimum Gasteiger partial charge on any atom is -0.271 e. The molecule has 1 unspecified atom stereocenters. The molecule has 13 heavy (non-hydrogen) atoms. The van der Waals surface area contributed by atoms with Gasteiger partial charge in [0.2, 0.25) is 0 Å². The first-order valence-corrected chi connectivity index (χ1v) is 5.10. The summed E-state index contributed by atoms with van der Waals surface area (Å²) in [6, 6.07) is 8.26. The van der Waals surface area contributed by atoms with Gasteiger partial charge in [0.1, 0.15) is 0 Å². The van der Waals surface area contributed by atoms with Gasteiger partial charge in [-0.15, -0.1) is 0 Å². The monoisotopic (exact) mass is 288 g/mol. The van der Waals surface area contributed by atoms with E-state index in [1.54, 1.807) is 0 Å². The first-order valence-electron chi connectivity index (χ1n) is 4.02. The van der Waals surface area contributed by atoms with Gasteiger partial charge in [-0.1, -0.05) is 24.3 Å². The molecular weight excluding hydrogens is 275 g/mol. The Balaban J connectivity index is 2.98. The average molecular weight is 288 g/mol. The highest BCUT2D eigenvalue weighted by Gasteiger charge is 2.09.